The molecule has 112 valence electrons. The molecule has 2 amide bonds. The molecule has 2 rings (SSSR count). The Balaban J connectivity index is 2.23. The second-order valence-electron chi connectivity index (χ2n) is 4.00. The fourth-order valence-electron chi connectivity index (χ4n) is 1.96. The third-order valence-electron chi connectivity index (χ3n) is 2.75. The lowest BCUT2D eigenvalue weighted by atomic mass is 10.3. The van der Waals surface area contributed by atoms with Crippen molar-refractivity contribution >= 4 is 12.2 Å². The lowest BCUT2D eigenvalue weighted by molar-refractivity contribution is -0.171. The van der Waals surface area contributed by atoms with E-state index in [9.17, 15) is 9.59 Å². The van der Waals surface area contributed by atoms with Crippen LogP contribution in [0.5, 0.6) is 0 Å². The highest BCUT2D eigenvalue weighted by Crippen LogP contribution is 2.25. The molecule has 8 nitrogen and oxygen atoms in total. The maximum absolute atomic E-state index is 12.1. The summed E-state index contributed by atoms with van der Waals surface area (Å²) in [5.41, 5.74) is 0. The molecule has 0 spiro atoms. The first kappa shape index (κ1) is 14.4. The van der Waals surface area contributed by atoms with Gasteiger partial charge in [-0.25, -0.2) is 14.6 Å². The second kappa shape index (κ2) is 6.47. The van der Waals surface area contributed by atoms with Gasteiger partial charge in [-0.3, -0.25) is 0 Å². The number of fused-ring (bicyclic) bond motifs is 1. The molecule has 1 unspecified atom stereocenters. The van der Waals surface area contributed by atoms with Crippen molar-refractivity contribution in [1.29, 1.82) is 0 Å². The van der Waals surface area contributed by atoms with Crippen LogP contribution in [0.3, 0.4) is 0 Å². The molecule has 0 radical (unpaired) electrons. The van der Waals surface area contributed by atoms with E-state index in [1.54, 1.807) is 19.9 Å². The number of rotatable bonds is 2. The van der Waals surface area contributed by atoms with Crippen LogP contribution in [0.15, 0.2) is 11.8 Å². The Morgan fingerprint density at radius 1 is 1.25 bits per heavy atom. The van der Waals surface area contributed by atoms with Crippen LogP contribution in [0.2, 0.25) is 0 Å². The van der Waals surface area contributed by atoms with Crippen LogP contribution in [0.1, 0.15) is 13.8 Å². The zero-order chi connectivity index (χ0) is 14.5. The molecule has 2 heterocycles. The molecule has 1 fully saturated rings. The minimum Gasteiger partial charge on any atom is -0.491 e. The molecule has 0 aliphatic carbocycles. The molecule has 2 aliphatic rings. The number of carbonyl (C=O) groups is 2. The molecule has 8 heteroatoms. The van der Waals surface area contributed by atoms with E-state index in [0.717, 1.165) is 10.0 Å². The van der Waals surface area contributed by atoms with Crippen molar-refractivity contribution in [3.8, 4) is 0 Å². The Morgan fingerprint density at radius 3 is 2.65 bits per heavy atom. The van der Waals surface area contributed by atoms with Crippen molar-refractivity contribution in [3.05, 3.63) is 11.8 Å². The van der Waals surface area contributed by atoms with Gasteiger partial charge in [0.15, 0.2) is 0 Å². The zero-order valence-corrected chi connectivity index (χ0v) is 11.5. The van der Waals surface area contributed by atoms with Gasteiger partial charge >= 0.3 is 12.2 Å². The summed E-state index contributed by atoms with van der Waals surface area (Å²) in [6.45, 7) is 4.69. The number of amides is 2. The summed E-state index contributed by atoms with van der Waals surface area (Å²) in [7, 11) is 0. The molecule has 0 aromatic carbocycles. The van der Waals surface area contributed by atoms with Gasteiger partial charge in [-0.1, -0.05) is 0 Å². The lowest BCUT2D eigenvalue weighted by Crippen LogP contribution is -2.60. The van der Waals surface area contributed by atoms with E-state index in [-0.39, 0.29) is 19.8 Å². The third-order valence-corrected chi connectivity index (χ3v) is 2.75. The Kier molecular flexibility index (Phi) is 4.67. The summed E-state index contributed by atoms with van der Waals surface area (Å²) < 4.78 is 20.8. The minimum atomic E-state index is -0.791. The Bertz CT molecular complexity index is 411. The van der Waals surface area contributed by atoms with E-state index in [0.29, 0.717) is 19.0 Å². The van der Waals surface area contributed by atoms with Crippen LogP contribution < -0.4 is 0 Å². The first-order chi connectivity index (χ1) is 9.69. The molecule has 20 heavy (non-hydrogen) atoms. The van der Waals surface area contributed by atoms with Gasteiger partial charge in [0, 0.05) is 0 Å². The van der Waals surface area contributed by atoms with E-state index in [2.05, 4.69) is 0 Å². The number of hydrogen-bond donors (Lipinski definition) is 0. The highest BCUT2D eigenvalue weighted by Gasteiger charge is 2.42. The normalized spacial score (nSPS) is 21.5. The fraction of sp³-hybridized carbons (Fsp3) is 0.667. The molecule has 0 N–H and O–H groups in total. The standard InChI is InChI=1S/C12H18N2O6/c1-3-17-11(15)13-6-5-9-10(20-8-7-19-9)14(13)12(16)18-4-2/h5,10H,3-4,6-8H2,1-2H3. The second-order valence-corrected chi connectivity index (χ2v) is 4.00. The average molecular weight is 286 g/mol. The van der Waals surface area contributed by atoms with Crippen molar-refractivity contribution in [2.24, 2.45) is 0 Å². The fourth-order valence-corrected chi connectivity index (χ4v) is 1.96. The maximum atomic E-state index is 12.1. The van der Waals surface area contributed by atoms with Crippen LogP contribution >= 0.6 is 0 Å². The molecular formula is C12H18N2O6. The summed E-state index contributed by atoms with van der Waals surface area (Å²) in [5, 5.41) is 2.24. The summed E-state index contributed by atoms with van der Waals surface area (Å²) in [4.78, 5) is 24.0. The summed E-state index contributed by atoms with van der Waals surface area (Å²) in [5.74, 6) is 0.504. The quantitative estimate of drug-likeness (QED) is 0.756. The minimum absolute atomic E-state index is 0.160. The molecule has 1 saturated heterocycles. The molecule has 1 atom stereocenters. The van der Waals surface area contributed by atoms with E-state index in [4.69, 9.17) is 18.9 Å². The van der Waals surface area contributed by atoms with Crippen molar-refractivity contribution in [3.63, 3.8) is 0 Å². The van der Waals surface area contributed by atoms with E-state index in [1.807, 2.05) is 0 Å². The highest BCUT2D eigenvalue weighted by atomic mass is 16.6. The monoisotopic (exact) mass is 286 g/mol. The summed E-state index contributed by atoms with van der Waals surface area (Å²) in [6.07, 6.45) is -0.413. The van der Waals surface area contributed by atoms with Gasteiger partial charge in [0.1, 0.15) is 12.4 Å². The predicted molar refractivity (Wildman–Crippen MR) is 66.4 cm³/mol. The molecule has 0 aromatic heterocycles. The third kappa shape index (κ3) is 2.79. The van der Waals surface area contributed by atoms with E-state index >= 15 is 0 Å². The Hall–Kier alpha value is -1.96. The van der Waals surface area contributed by atoms with Gasteiger partial charge in [0.2, 0.25) is 6.23 Å². The Morgan fingerprint density at radius 2 is 1.95 bits per heavy atom. The van der Waals surface area contributed by atoms with Crippen LogP contribution in [0.4, 0.5) is 9.59 Å². The van der Waals surface area contributed by atoms with Gasteiger partial charge in [-0.05, 0) is 19.9 Å². The topological polar surface area (TPSA) is 77.5 Å². The summed E-state index contributed by atoms with van der Waals surface area (Å²) >= 11 is 0. The number of ether oxygens (including phenoxy) is 4. The maximum Gasteiger partial charge on any atom is 0.431 e. The van der Waals surface area contributed by atoms with Crippen LogP contribution in [-0.2, 0) is 18.9 Å². The molecular weight excluding hydrogens is 268 g/mol. The Labute approximate surface area is 116 Å². The van der Waals surface area contributed by atoms with E-state index in [1.165, 1.54) is 0 Å². The lowest BCUT2D eigenvalue weighted by Gasteiger charge is -2.42. The zero-order valence-electron chi connectivity index (χ0n) is 11.5. The predicted octanol–water partition coefficient (Wildman–Crippen LogP) is 1.09. The van der Waals surface area contributed by atoms with Crippen molar-refractivity contribution in [2.75, 3.05) is 33.0 Å². The number of hydrazine groups is 1. The van der Waals surface area contributed by atoms with Crippen molar-refractivity contribution in [2.45, 2.75) is 20.1 Å². The molecule has 0 bridgehead atoms. The molecule has 0 saturated carbocycles. The van der Waals surface area contributed by atoms with Gasteiger partial charge in [-0.2, -0.15) is 5.01 Å². The number of nitrogens with zero attached hydrogens (tertiary/aromatic N) is 2. The molecule has 0 aromatic rings. The smallest absolute Gasteiger partial charge is 0.431 e. The van der Waals surface area contributed by atoms with E-state index < -0.39 is 18.4 Å². The van der Waals surface area contributed by atoms with Gasteiger partial charge in [-0.15, -0.1) is 0 Å². The summed E-state index contributed by atoms with van der Waals surface area (Å²) in [6, 6.07) is 0. The van der Waals surface area contributed by atoms with Crippen LogP contribution in [0.25, 0.3) is 0 Å². The van der Waals surface area contributed by atoms with Crippen LogP contribution in [-0.4, -0.2) is 61.4 Å². The SMILES string of the molecule is CCOC(=O)N1CC=C2OCCOC2N1C(=O)OCC. The first-order valence-corrected chi connectivity index (χ1v) is 6.53. The van der Waals surface area contributed by atoms with Gasteiger partial charge < -0.3 is 18.9 Å². The average Bonchev–Trinajstić information content (AvgIpc) is 2.46. The largest absolute Gasteiger partial charge is 0.491 e. The van der Waals surface area contributed by atoms with Crippen molar-refractivity contribution in [1.82, 2.24) is 10.0 Å². The van der Waals surface area contributed by atoms with Crippen LogP contribution in [0, 0.1) is 0 Å². The van der Waals surface area contributed by atoms with Crippen molar-refractivity contribution < 1.29 is 28.5 Å². The number of carbonyl (C=O) groups excluding carboxylic acids is 2. The van der Waals surface area contributed by atoms with Gasteiger partial charge in [0.05, 0.1) is 26.4 Å². The molecule has 2 aliphatic heterocycles. The highest BCUT2D eigenvalue weighted by molar-refractivity contribution is 5.75. The van der Waals surface area contributed by atoms with Gasteiger partial charge in [0.25, 0.3) is 0 Å². The number of hydrogen-bond acceptors (Lipinski definition) is 6. The first-order valence-electron chi connectivity index (χ1n) is 6.53.